The highest BCUT2D eigenvalue weighted by Crippen LogP contribution is 2.15. The predicted molar refractivity (Wildman–Crippen MR) is 70.1 cm³/mol. The van der Waals surface area contributed by atoms with Crippen LogP contribution in [0.3, 0.4) is 0 Å². The van der Waals surface area contributed by atoms with Crippen molar-refractivity contribution in [3.05, 3.63) is 22.4 Å². The van der Waals surface area contributed by atoms with Crippen molar-refractivity contribution in [1.82, 2.24) is 15.1 Å². The normalized spacial score (nSPS) is 21.4. The fraction of sp³-hybridized carbons (Fsp3) is 0.583. The summed E-state index contributed by atoms with van der Waals surface area (Å²) in [4.78, 5) is 17.4. The molecule has 1 amide bonds. The molecule has 0 aromatic carbocycles. The second-order valence-corrected chi connectivity index (χ2v) is 5.53. The van der Waals surface area contributed by atoms with Crippen molar-refractivity contribution in [1.29, 1.82) is 0 Å². The summed E-state index contributed by atoms with van der Waals surface area (Å²) in [5.41, 5.74) is 0. The molecule has 5 heteroatoms. The molecule has 17 heavy (non-hydrogen) atoms. The molecule has 1 aliphatic rings. The number of rotatable bonds is 3. The van der Waals surface area contributed by atoms with E-state index in [1.807, 2.05) is 14.1 Å². The molecule has 1 unspecified atom stereocenters. The Kier molecular flexibility index (Phi) is 4.15. The van der Waals surface area contributed by atoms with Crippen LogP contribution >= 0.6 is 11.3 Å². The summed E-state index contributed by atoms with van der Waals surface area (Å²) in [5.74, 6) is 0.189. The number of hydrogen-bond acceptors (Lipinski definition) is 4. The Balaban J connectivity index is 2.04. The molecule has 1 aromatic heterocycles. The van der Waals surface area contributed by atoms with E-state index in [4.69, 9.17) is 0 Å². The van der Waals surface area contributed by atoms with Crippen molar-refractivity contribution >= 4 is 17.2 Å². The predicted octanol–water partition coefficient (Wildman–Crippen LogP) is 0.610. The first-order valence-electron chi connectivity index (χ1n) is 5.87. The van der Waals surface area contributed by atoms with Gasteiger partial charge in [0.25, 0.3) is 0 Å². The molecule has 1 aromatic rings. The first-order chi connectivity index (χ1) is 8.18. The smallest absolute Gasteiger partial charge is 0.240 e. The highest BCUT2D eigenvalue weighted by atomic mass is 32.1. The third kappa shape index (κ3) is 3.06. The Morgan fingerprint density at radius 3 is 3.12 bits per heavy atom. The van der Waals surface area contributed by atoms with Crippen LogP contribution in [0.15, 0.2) is 17.5 Å². The lowest BCUT2D eigenvalue weighted by Gasteiger charge is -2.36. The zero-order valence-electron chi connectivity index (χ0n) is 10.3. The van der Waals surface area contributed by atoms with Crippen LogP contribution in [0.2, 0.25) is 0 Å². The highest BCUT2D eigenvalue weighted by Gasteiger charge is 2.29. The molecule has 0 radical (unpaired) electrons. The molecule has 0 saturated carbocycles. The number of carbonyl (C=O) groups is 1. The molecule has 1 saturated heterocycles. The molecule has 2 rings (SSSR count). The summed E-state index contributed by atoms with van der Waals surface area (Å²) in [6, 6.07) is 4.16. The summed E-state index contributed by atoms with van der Waals surface area (Å²) >= 11 is 1.75. The number of carbonyl (C=O) groups excluding carboxylic acids is 1. The molecule has 0 spiro atoms. The standard InChI is InChI=1S/C12H19N3OS/c1-14(2)12(16)11-8-13-5-6-15(11)9-10-4-3-7-17-10/h3-4,7,11,13H,5-6,8-9H2,1-2H3. The van der Waals surface area contributed by atoms with Gasteiger partial charge in [-0.05, 0) is 11.4 Å². The van der Waals surface area contributed by atoms with Crippen molar-refractivity contribution in [3.63, 3.8) is 0 Å². The molecule has 1 aliphatic heterocycles. The first kappa shape index (κ1) is 12.5. The van der Waals surface area contributed by atoms with E-state index in [1.165, 1.54) is 4.88 Å². The molecule has 4 nitrogen and oxygen atoms in total. The number of likely N-dealkylation sites (N-methyl/N-ethyl adjacent to an activating group) is 1. The molecule has 1 fully saturated rings. The topological polar surface area (TPSA) is 35.6 Å². The zero-order chi connectivity index (χ0) is 12.3. The van der Waals surface area contributed by atoms with Crippen LogP contribution in [0, 0.1) is 0 Å². The Bertz CT molecular complexity index is 364. The Labute approximate surface area is 106 Å². The average molecular weight is 253 g/mol. The second-order valence-electron chi connectivity index (χ2n) is 4.50. The number of nitrogens with zero attached hydrogens (tertiary/aromatic N) is 2. The summed E-state index contributed by atoms with van der Waals surface area (Å²) < 4.78 is 0. The van der Waals surface area contributed by atoms with Crippen LogP contribution in [-0.4, -0.2) is 55.5 Å². The van der Waals surface area contributed by atoms with Crippen molar-refractivity contribution < 1.29 is 4.79 Å². The fourth-order valence-electron chi connectivity index (χ4n) is 2.08. The van der Waals surface area contributed by atoms with E-state index in [9.17, 15) is 4.79 Å². The second kappa shape index (κ2) is 5.62. The maximum Gasteiger partial charge on any atom is 0.240 e. The maximum atomic E-state index is 12.1. The average Bonchev–Trinajstić information content (AvgIpc) is 2.81. The van der Waals surface area contributed by atoms with Crippen molar-refractivity contribution in [2.45, 2.75) is 12.6 Å². The van der Waals surface area contributed by atoms with Crippen molar-refractivity contribution in [2.24, 2.45) is 0 Å². The van der Waals surface area contributed by atoms with Gasteiger partial charge >= 0.3 is 0 Å². The molecule has 0 aliphatic carbocycles. The minimum atomic E-state index is -0.0270. The minimum absolute atomic E-state index is 0.0270. The summed E-state index contributed by atoms with van der Waals surface area (Å²) in [6.07, 6.45) is 0. The van der Waals surface area contributed by atoms with Gasteiger partial charge in [0.1, 0.15) is 6.04 Å². The lowest BCUT2D eigenvalue weighted by atomic mass is 10.1. The number of piperazine rings is 1. The molecule has 0 bridgehead atoms. The number of amides is 1. The monoisotopic (exact) mass is 253 g/mol. The molecule has 1 N–H and O–H groups in total. The lowest BCUT2D eigenvalue weighted by Crippen LogP contribution is -2.57. The Hall–Kier alpha value is -0.910. The fourth-order valence-corrected chi connectivity index (χ4v) is 2.81. The van der Waals surface area contributed by atoms with E-state index in [0.717, 1.165) is 26.2 Å². The number of hydrogen-bond donors (Lipinski definition) is 1. The van der Waals surface area contributed by atoms with Crippen LogP contribution in [0.25, 0.3) is 0 Å². The number of thiophene rings is 1. The Morgan fingerprint density at radius 2 is 2.47 bits per heavy atom. The minimum Gasteiger partial charge on any atom is -0.347 e. The lowest BCUT2D eigenvalue weighted by molar-refractivity contribution is -0.135. The summed E-state index contributed by atoms with van der Waals surface area (Å²) in [5, 5.41) is 5.38. The van der Waals surface area contributed by atoms with Gasteiger partial charge in [0.15, 0.2) is 0 Å². The maximum absolute atomic E-state index is 12.1. The third-order valence-corrected chi connectivity index (χ3v) is 3.88. The van der Waals surface area contributed by atoms with Crippen molar-refractivity contribution in [3.8, 4) is 0 Å². The van der Waals surface area contributed by atoms with Gasteiger partial charge in [0.05, 0.1) is 0 Å². The largest absolute Gasteiger partial charge is 0.347 e. The van der Waals surface area contributed by atoms with Gasteiger partial charge in [-0.2, -0.15) is 0 Å². The molecular weight excluding hydrogens is 234 g/mol. The van der Waals surface area contributed by atoms with Crippen LogP contribution in [-0.2, 0) is 11.3 Å². The van der Waals surface area contributed by atoms with E-state index in [0.29, 0.717) is 0 Å². The van der Waals surface area contributed by atoms with Crippen LogP contribution in [0.4, 0.5) is 0 Å². The van der Waals surface area contributed by atoms with Gasteiger partial charge in [-0.15, -0.1) is 11.3 Å². The van der Waals surface area contributed by atoms with Crippen molar-refractivity contribution in [2.75, 3.05) is 33.7 Å². The molecular formula is C12H19N3OS. The van der Waals surface area contributed by atoms with E-state index >= 15 is 0 Å². The van der Waals surface area contributed by atoms with Gasteiger partial charge in [0, 0.05) is 45.2 Å². The number of nitrogens with one attached hydrogen (secondary N) is 1. The van der Waals surface area contributed by atoms with Crippen LogP contribution < -0.4 is 5.32 Å². The molecule has 94 valence electrons. The van der Waals surface area contributed by atoms with Gasteiger partial charge in [0.2, 0.25) is 5.91 Å². The SMILES string of the molecule is CN(C)C(=O)C1CNCCN1Cc1cccs1. The van der Waals surface area contributed by atoms with Gasteiger partial charge in [-0.25, -0.2) is 0 Å². The van der Waals surface area contributed by atoms with Crippen LogP contribution in [0.1, 0.15) is 4.88 Å². The highest BCUT2D eigenvalue weighted by molar-refractivity contribution is 7.09. The van der Waals surface area contributed by atoms with E-state index < -0.39 is 0 Å². The third-order valence-electron chi connectivity index (χ3n) is 3.02. The Morgan fingerprint density at radius 1 is 1.65 bits per heavy atom. The molecule has 1 atom stereocenters. The summed E-state index contributed by atoms with van der Waals surface area (Å²) in [6.45, 7) is 3.52. The van der Waals surface area contributed by atoms with E-state index in [2.05, 4.69) is 27.7 Å². The van der Waals surface area contributed by atoms with Crippen LogP contribution in [0.5, 0.6) is 0 Å². The van der Waals surface area contributed by atoms with E-state index in [1.54, 1.807) is 16.2 Å². The van der Waals surface area contributed by atoms with Gasteiger partial charge in [-0.1, -0.05) is 6.07 Å². The summed E-state index contributed by atoms with van der Waals surface area (Å²) in [7, 11) is 3.64. The van der Waals surface area contributed by atoms with E-state index in [-0.39, 0.29) is 11.9 Å². The van der Waals surface area contributed by atoms with Gasteiger partial charge in [-0.3, -0.25) is 9.69 Å². The molecule has 2 heterocycles. The first-order valence-corrected chi connectivity index (χ1v) is 6.75. The quantitative estimate of drug-likeness (QED) is 0.857. The van der Waals surface area contributed by atoms with Gasteiger partial charge < -0.3 is 10.2 Å². The zero-order valence-corrected chi connectivity index (χ0v) is 11.2.